The molecule has 7 heteroatoms. The molecular weight excluding hydrogens is 283 g/mol. The van der Waals surface area contributed by atoms with Crippen LogP contribution in [0.4, 0.5) is 8.78 Å². The van der Waals surface area contributed by atoms with E-state index in [0.29, 0.717) is 23.9 Å². The molecule has 2 heterocycles. The Morgan fingerprint density at radius 2 is 1.94 bits per heavy atom. The van der Waals surface area contributed by atoms with Gasteiger partial charge in [-0.1, -0.05) is 11.6 Å². The Bertz CT molecular complexity index is 629. The minimum absolute atomic E-state index is 0.0345. The molecular formula is C11H7Cl2F2N3. The van der Waals surface area contributed by atoms with Crippen molar-refractivity contribution in [2.45, 2.75) is 24.9 Å². The van der Waals surface area contributed by atoms with Gasteiger partial charge in [0.05, 0.1) is 5.69 Å². The van der Waals surface area contributed by atoms with E-state index in [4.69, 9.17) is 23.2 Å². The van der Waals surface area contributed by atoms with Crippen molar-refractivity contribution < 1.29 is 8.78 Å². The number of hydrogen-bond donors (Lipinski definition) is 0. The molecule has 2 aromatic heterocycles. The first kappa shape index (κ1) is 12.0. The lowest BCUT2D eigenvalue weighted by Crippen LogP contribution is -2.24. The zero-order chi connectivity index (χ0) is 12.9. The lowest BCUT2D eigenvalue weighted by molar-refractivity contribution is 0.177. The highest BCUT2D eigenvalue weighted by Gasteiger charge is 2.33. The van der Waals surface area contributed by atoms with Crippen molar-refractivity contribution >= 4 is 34.1 Å². The van der Waals surface area contributed by atoms with Crippen LogP contribution in [-0.4, -0.2) is 21.1 Å². The number of pyridine rings is 1. The van der Waals surface area contributed by atoms with Crippen LogP contribution in [0.5, 0.6) is 0 Å². The van der Waals surface area contributed by atoms with Gasteiger partial charge in [-0.05, 0) is 24.4 Å². The first-order chi connectivity index (χ1) is 8.56. The van der Waals surface area contributed by atoms with Gasteiger partial charge in [0.25, 0.3) is 0 Å². The lowest BCUT2D eigenvalue weighted by atomic mass is 9.80. The maximum Gasteiger partial charge on any atom is 0.223 e. The van der Waals surface area contributed by atoms with Gasteiger partial charge in [-0.25, -0.2) is 23.7 Å². The summed E-state index contributed by atoms with van der Waals surface area (Å²) < 4.78 is 26.7. The molecule has 0 radical (unpaired) electrons. The predicted octanol–water partition coefficient (Wildman–Crippen LogP) is 3.69. The summed E-state index contributed by atoms with van der Waals surface area (Å²) in [5.41, 5.74) is 0.578. The molecule has 3 nitrogen and oxygen atoms in total. The minimum atomic E-state index is -0.830. The van der Waals surface area contributed by atoms with Crippen molar-refractivity contribution in [1.29, 1.82) is 0 Å². The highest BCUT2D eigenvalue weighted by molar-refractivity contribution is 6.30. The Hall–Kier alpha value is -1.07. The number of alkyl halides is 1. The molecule has 1 saturated carbocycles. The van der Waals surface area contributed by atoms with Gasteiger partial charge >= 0.3 is 0 Å². The van der Waals surface area contributed by atoms with Crippen LogP contribution in [0.15, 0.2) is 6.20 Å². The van der Waals surface area contributed by atoms with E-state index in [1.807, 2.05) is 0 Å². The molecule has 3 rings (SSSR count). The summed E-state index contributed by atoms with van der Waals surface area (Å²) in [6.45, 7) is 0. The summed E-state index contributed by atoms with van der Waals surface area (Å²) in [4.78, 5) is 11.6. The summed E-state index contributed by atoms with van der Waals surface area (Å²) in [6, 6.07) is 0. The number of halogens is 4. The smallest absolute Gasteiger partial charge is 0.223 e. The Kier molecular flexibility index (Phi) is 2.83. The van der Waals surface area contributed by atoms with E-state index in [0.717, 1.165) is 0 Å². The van der Waals surface area contributed by atoms with Gasteiger partial charge in [0.15, 0.2) is 11.0 Å². The van der Waals surface area contributed by atoms with Gasteiger partial charge < -0.3 is 0 Å². The van der Waals surface area contributed by atoms with E-state index in [1.54, 1.807) is 0 Å². The van der Waals surface area contributed by atoms with E-state index in [2.05, 4.69) is 15.0 Å². The Morgan fingerprint density at radius 3 is 2.61 bits per heavy atom. The average Bonchev–Trinajstić information content (AvgIpc) is 2.30. The molecule has 0 spiro atoms. The van der Waals surface area contributed by atoms with Crippen molar-refractivity contribution in [1.82, 2.24) is 15.0 Å². The van der Waals surface area contributed by atoms with Crippen LogP contribution in [0.25, 0.3) is 10.9 Å². The van der Waals surface area contributed by atoms with Crippen LogP contribution in [0.2, 0.25) is 10.4 Å². The highest BCUT2D eigenvalue weighted by Crippen LogP contribution is 2.41. The maximum absolute atomic E-state index is 13.8. The van der Waals surface area contributed by atoms with Crippen molar-refractivity contribution in [2.75, 3.05) is 0 Å². The van der Waals surface area contributed by atoms with Gasteiger partial charge in [-0.2, -0.15) is 0 Å². The summed E-state index contributed by atoms with van der Waals surface area (Å²) in [6.07, 6.45) is 1.31. The van der Waals surface area contributed by atoms with E-state index >= 15 is 0 Å². The van der Waals surface area contributed by atoms with Gasteiger partial charge in [-0.15, -0.1) is 0 Å². The zero-order valence-electron chi connectivity index (χ0n) is 9.00. The number of rotatable bonds is 1. The second kappa shape index (κ2) is 4.24. The fraction of sp³-hybridized carbons (Fsp3) is 0.364. The fourth-order valence-electron chi connectivity index (χ4n) is 2.11. The highest BCUT2D eigenvalue weighted by atomic mass is 35.5. The Balaban J connectivity index is 2.22. The van der Waals surface area contributed by atoms with Crippen molar-refractivity contribution in [2.24, 2.45) is 0 Å². The Morgan fingerprint density at radius 1 is 1.22 bits per heavy atom. The van der Waals surface area contributed by atoms with Gasteiger partial charge in [0.1, 0.15) is 11.7 Å². The number of hydrogen-bond acceptors (Lipinski definition) is 3. The molecule has 0 N–H and O–H groups in total. The zero-order valence-corrected chi connectivity index (χ0v) is 10.5. The molecule has 1 aliphatic carbocycles. The van der Waals surface area contributed by atoms with Gasteiger partial charge in [0, 0.05) is 17.5 Å². The second-order valence-electron chi connectivity index (χ2n) is 4.27. The molecule has 0 unspecified atom stereocenters. The van der Waals surface area contributed by atoms with Crippen LogP contribution in [-0.2, 0) is 0 Å². The van der Waals surface area contributed by atoms with Crippen LogP contribution in [0.1, 0.15) is 24.5 Å². The second-order valence-corrected chi connectivity index (χ2v) is 4.96. The molecule has 18 heavy (non-hydrogen) atoms. The minimum Gasteiger partial charge on any atom is -0.247 e. The van der Waals surface area contributed by atoms with Gasteiger partial charge in [0.2, 0.25) is 5.28 Å². The molecule has 0 atom stereocenters. The van der Waals surface area contributed by atoms with Crippen LogP contribution >= 0.6 is 23.2 Å². The summed E-state index contributed by atoms with van der Waals surface area (Å²) in [5.74, 6) is -0.791. The molecule has 0 aliphatic heterocycles. The number of fused-ring (bicyclic) bond motifs is 1. The van der Waals surface area contributed by atoms with E-state index in [1.165, 1.54) is 6.20 Å². The Labute approximate surface area is 111 Å². The number of aromatic nitrogens is 3. The van der Waals surface area contributed by atoms with E-state index < -0.39 is 12.0 Å². The van der Waals surface area contributed by atoms with Crippen molar-refractivity contribution in [3.05, 3.63) is 28.1 Å². The standard InChI is InChI=1S/C11H7Cl2F2N3/c12-10-7(15)9-6(3-16-10)8(17-11(13)18-9)4-1-5(14)2-4/h3-5H,1-2H2. The van der Waals surface area contributed by atoms with E-state index in [-0.39, 0.29) is 21.9 Å². The third-order valence-electron chi connectivity index (χ3n) is 3.11. The van der Waals surface area contributed by atoms with Crippen LogP contribution in [0, 0.1) is 5.82 Å². The quantitative estimate of drug-likeness (QED) is 0.594. The summed E-state index contributed by atoms with van der Waals surface area (Å²) >= 11 is 11.4. The first-order valence-electron chi connectivity index (χ1n) is 5.37. The fourth-order valence-corrected chi connectivity index (χ4v) is 2.43. The molecule has 0 saturated heterocycles. The number of nitrogens with zero attached hydrogens (tertiary/aromatic N) is 3. The molecule has 1 aliphatic rings. The molecule has 0 aromatic carbocycles. The average molecular weight is 290 g/mol. The summed E-state index contributed by atoms with van der Waals surface area (Å²) in [7, 11) is 0. The third-order valence-corrected chi connectivity index (χ3v) is 3.54. The van der Waals surface area contributed by atoms with Crippen molar-refractivity contribution in [3.8, 4) is 0 Å². The van der Waals surface area contributed by atoms with Gasteiger partial charge in [-0.3, -0.25) is 0 Å². The normalized spacial score (nSPS) is 23.1. The van der Waals surface area contributed by atoms with Crippen LogP contribution in [0.3, 0.4) is 0 Å². The lowest BCUT2D eigenvalue weighted by Gasteiger charge is -2.29. The topological polar surface area (TPSA) is 38.7 Å². The monoisotopic (exact) mass is 289 g/mol. The van der Waals surface area contributed by atoms with Crippen LogP contribution < -0.4 is 0 Å². The molecule has 0 bridgehead atoms. The van der Waals surface area contributed by atoms with E-state index in [9.17, 15) is 8.78 Å². The third kappa shape index (κ3) is 1.82. The maximum atomic E-state index is 13.8. The van der Waals surface area contributed by atoms with Crippen molar-refractivity contribution in [3.63, 3.8) is 0 Å². The molecule has 0 amide bonds. The molecule has 94 valence electrons. The SMILES string of the molecule is Fc1c(Cl)ncc2c(C3CC(F)C3)nc(Cl)nc12. The predicted molar refractivity (Wildman–Crippen MR) is 64.2 cm³/mol. The summed E-state index contributed by atoms with van der Waals surface area (Å²) in [5, 5.41) is 0.111. The largest absolute Gasteiger partial charge is 0.247 e. The molecule has 2 aromatic rings. The molecule has 1 fully saturated rings. The first-order valence-corrected chi connectivity index (χ1v) is 6.13.